The molecular formula is C14H28N2S. The Morgan fingerprint density at radius 3 is 2.59 bits per heavy atom. The summed E-state index contributed by atoms with van der Waals surface area (Å²) in [5, 5.41) is 3.55. The van der Waals surface area contributed by atoms with E-state index in [1.54, 1.807) is 0 Å². The van der Waals surface area contributed by atoms with Crippen LogP contribution in [0.5, 0.6) is 0 Å². The quantitative estimate of drug-likeness (QED) is 0.832. The first-order valence-corrected chi connectivity index (χ1v) is 8.47. The second-order valence-electron chi connectivity index (χ2n) is 5.85. The maximum Gasteiger partial charge on any atom is 0.0114 e. The molecule has 0 saturated carbocycles. The van der Waals surface area contributed by atoms with E-state index in [0.717, 1.165) is 12.0 Å². The van der Waals surface area contributed by atoms with Crippen molar-refractivity contribution >= 4 is 11.8 Å². The molecule has 0 radical (unpaired) electrons. The maximum atomic E-state index is 3.55. The minimum atomic E-state index is 0.713. The second kappa shape index (κ2) is 7.01. The average molecular weight is 256 g/mol. The van der Waals surface area contributed by atoms with Crippen molar-refractivity contribution in [3.63, 3.8) is 0 Å². The van der Waals surface area contributed by atoms with Crippen LogP contribution >= 0.6 is 11.8 Å². The molecule has 2 aliphatic heterocycles. The van der Waals surface area contributed by atoms with Crippen molar-refractivity contribution in [2.45, 2.75) is 51.6 Å². The molecule has 2 rings (SSSR count). The summed E-state index contributed by atoms with van der Waals surface area (Å²) in [4.78, 5) is 2.79. The third-order valence-electron chi connectivity index (χ3n) is 4.19. The normalized spacial score (nSPS) is 27.9. The van der Waals surface area contributed by atoms with Gasteiger partial charge in [-0.25, -0.2) is 0 Å². The Hall–Kier alpha value is 0.270. The molecule has 2 nitrogen and oxygen atoms in total. The summed E-state index contributed by atoms with van der Waals surface area (Å²) in [5.41, 5.74) is 0. The topological polar surface area (TPSA) is 15.3 Å². The molecule has 2 fully saturated rings. The van der Waals surface area contributed by atoms with Crippen LogP contribution in [0.4, 0.5) is 0 Å². The van der Waals surface area contributed by atoms with Gasteiger partial charge in [-0.1, -0.05) is 0 Å². The molecule has 3 heteroatoms. The van der Waals surface area contributed by atoms with Gasteiger partial charge in [0.25, 0.3) is 0 Å². The molecule has 0 spiro atoms. The van der Waals surface area contributed by atoms with E-state index in [2.05, 4.69) is 35.8 Å². The third-order valence-corrected chi connectivity index (χ3v) is 5.24. The Morgan fingerprint density at radius 1 is 1.24 bits per heavy atom. The lowest BCUT2D eigenvalue weighted by molar-refractivity contribution is 0.111. The summed E-state index contributed by atoms with van der Waals surface area (Å²) in [6, 6.07) is 1.57. The van der Waals surface area contributed by atoms with Gasteiger partial charge in [-0.15, -0.1) is 0 Å². The molecular weight excluding hydrogens is 228 g/mol. The molecule has 2 heterocycles. The minimum Gasteiger partial charge on any atom is -0.316 e. The molecule has 0 bridgehead atoms. The summed E-state index contributed by atoms with van der Waals surface area (Å²) in [7, 11) is 0. The van der Waals surface area contributed by atoms with Gasteiger partial charge in [-0.3, -0.25) is 4.90 Å². The van der Waals surface area contributed by atoms with E-state index in [1.807, 2.05) is 0 Å². The number of thioether (sulfide) groups is 1. The van der Waals surface area contributed by atoms with Crippen LogP contribution in [0.2, 0.25) is 0 Å². The zero-order valence-electron chi connectivity index (χ0n) is 11.5. The smallest absolute Gasteiger partial charge is 0.0114 e. The van der Waals surface area contributed by atoms with Crippen molar-refractivity contribution in [3.8, 4) is 0 Å². The Balaban J connectivity index is 1.86. The third kappa shape index (κ3) is 4.15. The zero-order chi connectivity index (χ0) is 12.1. The first kappa shape index (κ1) is 13.7. The Labute approximate surface area is 111 Å². The van der Waals surface area contributed by atoms with E-state index in [-0.39, 0.29) is 0 Å². The van der Waals surface area contributed by atoms with Gasteiger partial charge in [0.1, 0.15) is 0 Å². The molecule has 2 saturated heterocycles. The fraction of sp³-hybridized carbons (Fsp3) is 1.00. The number of nitrogens with one attached hydrogen (secondary N) is 1. The van der Waals surface area contributed by atoms with Gasteiger partial charge in [0.05, 0.1) is 0 Å². The van der Waals surface area contributed by atoms with Gasteiger partial charge in [-0.05, 0) is 70.0 Å². The van der Waals surface area contributed by atoms with Gasteiger partial charge in [0.15, 0.2) is 0 Å². The van der Waals surface area contributed by atoms with Gasteiger partial charge < -0.3 is 5.32 Å². The molecule has 0 aliphatic carbocycles. The summed E-state index contributed by atoms with van der Waals surface area (Å²) in [5.74, 6) is 3.63. The number of hydrogen-bond acceptors (Lipinski definition) is 3. The lowest BCUT2D eigenvalue weighted by Gasteiger charge is -2.40. The lowest BCUT2D eigenvalue weighted by atomic mass is 9.96. The van der Waals surface area contributed by atoms with Crippen LogP contribution in [-0.4, -0.2) is 48.1 Å². The van der Waals surface area contributed by atoms with Gasteiger partial charge in [0, 0.05) is 18.6 Å². The summed E-state index contributed by atoms with van der Waals surface area (Å²) < 4.78 is 0. The monoisotopic (exact) mass is 256 g/mol. The van der Waals surface area contributed by atoms with Crippen molar-refractivity contribution in [2.24, 2.45) is 5.92 Å². The fourth-order valence-corrected chi connectivity index (χ4v) is 4.26. The lowest BCUT2D eigenvalue weighted by Crippen LogP contribution is -2.47. The minimum absolute atomic E-state index is 0.713. The number of piperidine rings is 1. The molecule has 1 unspecified atom stereocenters. The van der Waals surface area contributed by atoms with Gasteiger partial charge in [0.2, 0.25) is 0 Å². The van der Waals surface area contributed by atoms with Crippen molar-refractivity contribution in [2.75, 3.05) is 31.1 Å². The first-order chi connectivity index (χ1) is 8.27. The van der Waals surface area contributed by atoms with Crippen LogP contribution in [0.3, 0.4) is 0 Å². The molecule has 100 valence electrons. The molecule has 1 atom stereocenters. The van der Waals surface area contributed by atoms with Gasteiger partial charge >= 0.3 is 0 Å². The highest BCUT2D eigenvalue weighted by Gasteiger charge is 2.26. The first-order valence-electron chi connectivity index (χ1n) is 7.31. The fourth-order valence-electron chi connectivity index (χ4n) is 3.18. The standard InChI is InChI=1S/C14H28N2S/c1-12(2)16(14-5-8-17-9-6-14)11-13-4-3-7-15-10-13/h12-15H,3-11H2,1-2H3. The van der Waals surface area contributed by atoms with Gasteiger partial charge in [-0.2, -0.15) is 11.8 Å². The number of rotatable bonds is 4. The predicted molar refractivity (Wildman–Crippen MR) is 77.8 cm³/mol. The Kier molecular flexibility index (Phi) is 5.64. The zero-order valence-corrected chi connectivity index (χ0v) is 12.3. The van der Waals surface area contributed by atoms with Crippen molar-refractivity contribution < 1.29 is 0 Å². The molecule has 0 aromatic carbocycles. The maximum absolute atomic E-state index is 3.55. The predicted octanol–water partition coefficient (Wildman–Crippen LogP) is 2.59. The number of hydrogen-bond donors (Lipinski definition) is 1. The largest absolute Gasteiger partial charge is 0.316 e. The highest BCUT2D eigenvalue weighted by molar-refractivity contribution is 7.99. The van der Waals surface area contributed by atoms with Crippen LogP contribution in [0.15, 0.2) is 0 Å². The van der Waals surface area contributed by atoms with E-state index in [1.165, 1.54) is 56.8 Å². The molecule has 0 amide bonds. The van der Waals surface area contributed by atoms with Crippen LogP contribution in [0, 0.1) is 5.92 Å². The second-order valence-corrected chi connectivity index (χ2v) is 7.07. The molecule has 0 aromatic rings. The highest BCUT2D eigenvalue weighted by atomic mass is 32.2. The molecule has 17 heavy (non-hydrogen) atoms. The molecule has 0 aromatic heterocycles. The number of nitrogens with zero attached hydrogens (tertiary/aromatic N) is 1. The van der Waals surface area contributed by atoms with E-state index >= 15 is 0 Å². The van der Waals surface area contributed by atoms with Crippen LogP contribution in [0.25, 0.3) is 0 Å². The summed E-state index contributed by atoms with van der Waals surface area (Å²) in [6.45, 7) is 8.54. The average Bonchev–Trinajstić information content (AvgIpc) is 2.38. The summed E-state index contributed by atoms with van der Waals surface area (Å²) in [6.07, 6.45) is 5.61. The highest BCUT2D eigenvalue weighted by Crippen LogP contribution is 2.25. The van der Waals surface area contributed by atoms with Crippen molar-refractivity contribution in [1.82, 2.24) is 10.2 Å². The van der Waals surface area contributed by atoms with Crippen LogP contribution in [0.1, 0.15) is 39.5 Å². The Morgan fingerprint density at radius 2 is 2.00 bits per heavy atom. The Bertz CT molecular complexity index is 208. The van der Waals surface area contributed by atoms with E-state index in [0.29, 0.717) is 6.04 Å². The SMILES string of the molecule is CC(C)N(CC1CCCNC1)C1CCSCC1. The van der Waals surface area contributed by atoms with Crippen molar-refractivity contribution in [3.05, 3.63) is 0 Å². The van der Waals surface area contributed by atoms with Crippen LogP contribution < -0.4 is 5.32 Å². The van der Waals surface area contributed by atoms with E-state index in [4.69, 9.17) is 0 Å². The molecule has 1 N–H and O–H groups in total. The van der Waals surface area contributed by atoms with Crippen molar-refractivity contribution in [1.29, 1.82) is 0 Å². The van der Waals surface area contributed by atoms with Crippen LogP contribution in [-0.2, 0) is 0 Å². The van der Waals surface area contributed by atoms with E-state index < -0.39 is 0 Å². The summed E-state index contributed by atoms with van der Waals surface area (Å²) >= 11 is 2.13. The molecule has 2 aliphatic rings. The van der Waals surface area contributed by atoms with E-state index in [9.17, 15) is 0 Å².